The Morgan fingerprint density at radius 3 is 0.828 bits per heavy atom. The van der Waals surface area contributed by atoms with Gasteiger partial charge in [-0.05, 0) is 0 Å². The standard InChI is InChI=1S/C8HF17O3S/c9-1(5(14,15)16,4(13,8(23,24)25)29(26,27)28)3(11,12)2(10,6(17,18)19)7(20,21)22/h(H,26,27,28)/p-1. The summed E-state index contributed by atoms with van der Waals surface area (Å²) in [6, 6.07) is 0. The summed E-state index contributed by atoms with van der Waals surface area (Å²) < 4.78 is 247. The summed E-state index contributed by atoms with van der Waals surface area (Å²) in [4.78, 5) is 0. The average molecular weight is 499 g/mol. The van der Waals surface area contributed by atoms with Gasteiger partial charge in [0.15, 0.2) is 0 Å². The Hall–Kier alpha value is -1.28. The Morgan fingerprint density at radius 2 is 0.690 bits per heavy atom. The van der Waals surface area contributed by atoms with Crippen molar-refractivity contribution >= 4 is 10.1 Å². The van der Waals surface area contributed by atoms with Crippen LogP contribution >= 0.6 is 0 Å². The molecule has 21 heteroatoms. The third kappa shape index (κ3) is 3.26. The molecule has 0 aliphatic rings. The van der Waals surface area contributed by atoms with Gasteiger partial charge in [0.2, 0.25) is 0 Å². The van der Waals surface area contributed by atoms with Crippen LogP contribution in [0.25, 0.3) is 0 Å². The highest BCUT2D eigenvalue weighted by Crippen LogP contribution is 2.67. The molecule has 3 nitrogen and oxygen atoms in total. The van der Waals surface area contributed by atoms with Gasteiger partial charge in [-0.25, -0.2) is 21.6 Å². The molecule has 0 bridgehead atoms. The molecule has 0 aliphatic heterocycles. The van der Waals surface area contributed by atoms with Crippen LogP contribution in [-0.2, 0) is 10.1 Å². The third-order valence-electron chi connectivity index (χ3n) is 3.19. The first-order chi connectivity index (χ1) is 12.0. The van der Waals surface area contributed by atoms with Gasteiger partial charge in [-0.2, -0.15) is 61.5 Å². The number of rotatable bonds is 4. The fourth-order valence-corrected chi connectivity index (χ4v) is 2.70. The van der Waals surface area contributed by atoms with Crippen LogP contribution in [0.4, 0.5) is 74.6 Å². The first-order valence-electron chi connectivity index (χ1n) is 5.67. The van der Waals surface area contributed by atoms with Crippen LogP contribution in [0.3, 0.4) is 0 Å². The number of hydrogen-bond donors (Lipinski definition) is 0. The van der Waals surface area contributed by atoms with E-state index < -0.39 is 57.1 Å². The largest absolute Gasteiger partial charge is 0.745 e. The minimum absolute atomic E-state index is 8.39. The average Bonchev–Trinajstić information content (AvgIpc) is 2.37. The Bertz CT molecular complexity index is 712. The highest BCUT2D eigenvalue weighted by atomic mass is 32.2. The van der Waals surface area contributed by atoms with Gasteiger partial charge >= 0.3 is 47.0 Å². The molecule has 0 amide bonds. The van der Waals surface area contributed by atoms with E-state index in [0.29, 0.717) is 0 Å². The second-order valence-corrected chi connectivity index (χ2v) is 6.40. The summed E-state index contributed by atoms with van der Waals surface area (Å²) in [5.41, 5.74) is -18.3. The zero-order valence-electron chi connectivity index (χ0n) is 12.1. The van der Waals surface area contributed by atoms with Gasteiger partial charge in [0.05, 0.1) is 0 Å². The molecular weight excluding hydrogens is 499 g/mol. The van der Waals surface area contributed by atoms with E-state index in [2.05, 4.69) is 0 Å². The topological polar surface area (TPSA) is 57.2 Å². The molecule has 29 heavy (non-hydrogen) atoms. The normalized spacial score (nSPS) is 20.2. The van der Waals surface area contributed by atoms with Gasteiger partial charge in [-0.3, -0.25) is 0 Å². The van der Waals surface area contributed by atoms with Crippen molar-refractivity contribution in [2.75, 3.05) is 0 Å². The zero-order valence-corrected chi connectivity index (χ0v) is 12.9. The molecule has 2 atom stereocenters. The Morgan fingerprint density at radius 1 is 0.448 bits per heavy atom. The van der Waals surface area contributed by atoms with Crippen LogP contribution in [0.15, 0.2) is 0 Å². The molecule has 0 fully saturated rings. The third-order valence-corrected chi connectivity index (χ3v) is 4.39. The van der Waals surface area contributed by atoms with E-state index in [1.165, 1.54) is 0 Å². The van der Waals surface area contributed by atoms with E-state index >= 15 is 0 Å². The Kier molecular flexibility index (Phi) is 6.08. The van der Waals surface area contributed by atoms with Crippen molar-refractivity contribution in [3.8, 4) is 0 Å². The molecule has 2 unspecified atom stereocenters. The van der Waals surface area contributed by atoms with Crippen LogP contribution < -0.4 is 0 Å². The van der Waals surface area contributed by atoms with Crippen molar-refractivity contribution in [3.63, 3.8) is 0 Å². The number of hydrogen-bond acceptors (Lipinski definition) is 3. The maximum absolute atomic E-state index is 13.9. The van der Waals surface area contributed by atoms with E-state index in [0.717, 1.165) is 0 Å². The highest BCUT2D eigenvalue weighted by molar-refractivity contribution is 7.87. The zero-order chi connectivity index (χ0) is 24.5. The van der Waals surface area contributed by atoms with Crippen molar-refractivity contribution in [2.45, 2.75) is 47.0 Å². The van der Waals surface area contributed by atoms with Gasteiger partial charge in [0, 0.05) is 0 Å². The lowest BCUT2D eigenvalue weighted by molar-refractivity contribution is -0.454. The molecule has 0 aromatic heterocycles. The molecule has 0 rings (SSSR count). The SMILES string of the molecule is O=S(=O)([O-])C(F)(C(F)(F)F)C(F)(C(F)(F)F)C(F)(F)C(F)(C(F)(F)F)C(F)(F)F. The second-order valence-electron chi connectivity index (χ2n) is 4.93. The quantitative estimate of drug-likeness (QED) is 0.423. The lowest BCUT2D eigenvalue weighted by atomic mass is 9.79. The van der Waals surface area contributed by atoms with Crippen LogP contribution in [0.5, 0.6) is 0 Å². The predicted octanol–water partition coefficient (Wildman–Crippen LogP) is 4.50. The van der Waals surface area contributed by atoms with Crippen LogP contribution in [0, 0.1) is 0 Å². The van der Waals surface area contributed by atoms with Crippen molar-refractivity contribution in [2.24, 2.45) is 0 Å². The summed E-state index contributed by atoms with van der Waals surface area (Å²) in [6.45, 7) is 0. The lowest BCUT2D eigenvalue weighted by Gasteiger charge is -2.49. The lowest BCUT2D eigenvalue weighted by Crippen LogP contribution is -2.82. The van der Waals surface area contributed by atoms with Gasteiger partial charge in [0.1, 0.15) is 10.1 Å². The van der Waals surface area contributed by atoms with E-state index in [4.69, 9.17) is 0 Å². The van der Waals surface area contributed by atoms with E-state index in [-0.39, 0.29) is 0 Å². The minimum Gasteiger partial charge on any atom is -0.745 e. The van der Waals surface area contributed by atoms with Crippen LogP contribution in [0.1, 0.15) is 0 Å². The van der Waals surface area contributed by atoms with Gasteiger partial charge < -0.3 is 4.55 Å². The molecule has 0 heterocycles. The fourth-order valence-electron chi connectivity index (χ4n) is 1.83. The predicted molar refractivity (Wildman–Crippen MR) is 50.4 cm³/mol. The maximum atomic E-state index is 13.9. The molecule has 0 aromatic rings. The molecule has 0 aliphatic carbocycles. The highest BCUT2D eigenvalue weighted by Gasteiger charge is 3.00. The molecular formula is C8F17O3S-. The number of alkyl halides is 17. The van der Waals surface area contributed by atoms with E-state index in [9.17, 15) is 87.6 Å². The molecule has 0 saturated carbocycles. The summed E-state index contributed by atoms with van der Waals surface area (Å²) in [6.07, 6.45) is -34.0. The second kappa shape index (κ2) is 6.36. The first-order valence-corrected chi connectivity index (χ1v) is 7.08. The summed E-state index contributed by atoms with van der Waals surface area (Å²) in [5, 5.41) is -8.78. The first kappa shape index (κ1) is 27.7. The molecule has 0 aromatic carbocycles. The van der Waals surface area contributed by atoms with Crippen LogP contribution in [-0.4, -0.2) is 59.9 Å². The van der Waals surface area contributed by atoms with Crippen molar-refractivity contribution in [3.05, 3.63) is 0 Å². The summed E-state index contributed by atoms with van der Waals surface area (Å²) in [5.74, 6) is -9.32. The summed E-state index contributed by atoms with van der Waals surface area (Å²) >= 11 is 0. The number of halogens is 17. The molecule has 0 spiro atoms. The van der Waals surface area contributed by atoms with Gasteiger partial charge in [-0.15, -0.1) is 0 Å². The molecule has 0 saturated heterocycles. The van der Waals surface area contributed by atoms with Gasteiger partial charge in [-0.1, -0.05) is 0 Å². The Labute approximate surface area is 146 Å². The monoisotopic (exact) mass is 499 g/mol. The molecule has 176 valence electrons. The van der Waals surface area contributed by atoms with Gasteiger partial charge in [0.25, 0.3) is 0 Å². The Balaban J connectivity index is 7.93. The maximum Gasteiger partial charge on any atom is 0.440 e. The summed E-state index contributed by atoms with van der Waals surface area (Å²) in [7, 11) is -8.92. The van der Waals surface area contributed by atoms with Crippen LogP contribution in [0.2, 0.25) is 0 Å². The molecule has 0 N–H and O–H groups in total. The van der Waals surface area contributed by atoms with Crippen molar-refractivity contribution in [1.82, 2.24) is 0 Å². The van der Waals surface area contributed by atoms with E-state index in [1.54, 1.807) is 0 Å². The molecule has 0 radical (unpaired) electrons. The fraction of sp³-hybridized carbons (Fsp3) is 1.00. The minimum atomic E-state index is -9.32. The van der Waals surface area contributed by atoms with Crippen molar-refractivity contribution in [1.29, 1.82) is 0 Å². The smallest absolute Gasteiger partial charge is 0.440 e. The van der Waals surface area contributed by atoms with E-state index in [1.807, 2.05) is 0 Å². The van der Waals surface area contributed by atoms with Crippen molar-refractivity contribution < 1.29 is 87.6 Å².